The average molecular weight is 366 g/mol. The Morgan fingerprint density at radius 3 is 1.45 bits per heavy atom. The molecule has 0 saturated carbocycles. The van der Waals surface area contributed by atoms with Crippen LogP contribution in [0.15, 0.2) is 0 Å². The molecular formula is C11H17F6GeNO. The van der Waals surface area contributed by atoms with Gasteiger partial charge in [-0.1, -0.05) is 0 Å². The van der Waals surface area contributed by atoms with Crippen molar-refractivity contribution in [2.24, 2.45) is 0 Å². The third-order valence-electron chi connectivity index (χ3n) is 3.57. The molecule has 0 atom stereocenters. The van der Waals surface area contributed by atoms with E-state index in [1.807, 2.05) is 0 Å². The van der Waals surface area contributed by atoms with Crippen molar-refractivity contribution >= 4 is 13.6 Å². The van der Waals surface area contributed by atoms with Crippen LogP contribution in [0.5, 0.6) is 0 Å². The molecule has 0 aromatic carbocycles. The molecule has 0 unspecified atom stereocenters. The van der Waals surface area contributed by atoms with E-state index in [1.165, 1.54) is 20.8 Å². The van der Waals surface area contributed by atoms with E-state index in [1.54, 1.807) is 0 Å². The summed E-state index contributed by atoms with van der Waals surface area (Å²) in [7, 11) is 0. The van der Waals surface area contributed by atoms with Gasteiger partial charge in [-0.3, -0.25) is 0 Å². The van der Waals surface area contributed by atoms with E-state index in [-0.39, 0.29) is 15.8 Å². The van der Waals surface area contributed by atoms with Gasteiger partial charge in [0, 0.05) is 0 Å². The summed E-state index contributed by atoms with van der Waals surface area (Å²) in [6.45, 7) is 4.62. The molecule has 0 spiro atoms. The zero-order valence-corrected chi connectivity index (χ0v) is 13.5. The minimum atomic E-state index is -5.67. The van der Waals surface area contributed by atoms with Gasteiger partial charge in [-0.2, -0.15) is 0 Å². The Labute approximate surface area is 116 Å². The van der Waals surface area contributed by atoms with Crippen molar-refractivity contribution in [3.63, 3.8) is 0 Å². The molecule has 9 heteroatoms. The molecule has 0 aromatic rings. The fourth-order valence-electron chi connectivity index (χ4n) is 1.96. The molecule has 2 nitrogen and oxygen atoms in total. The molecule has 0 saturated heterocycles. The topological polar surface area (TPSA) is 33.0 Å². The predicted molar refractivity (Wildman–Crippen MR) is 63.4 cm³/mol. The Kier molecular flexibility index (Phi) is 6.42. The Morgan fingerprint density at radius 1 is 0.900 bits per heavy atom. The van der Waals surface area contributed by atoms with E-state index in [2.05, 4.69) is 0 Å². The summed E-state index contributed by atoms with van der Waals surface area (Å²) in [5.41, 5.74) is -4.36. The molecule has 0 fully saturated rings. The number of alkyl halides is 6. The Balaban J connectivity index is 5.96. The van der Waals surface area contributed by atoms with Gasteiger partial charge in [0.2, 0.25) is 0 Å². The summed E-state index contributed by atoms with van der Waals surface area (Å²) in [4.78, 5) is 0. The maximum atomic E-state index is 13.0. The zero-order chi connectivity index (χ0) is 16.2. The number of hydrogen-bond acceptors (Lipinski definition) is 2. The number of rotatable bonds is 6. The van der Waals surface area contributed by atoms with Crippen LogP contribution in [-0.4, -0.2) is 31.6 Å². The maximum absolute atomic E-state index is 13.0. The first-order valence-corrected chi connectivity index (χ1v) is 11.5. The Bertz CT molecular complexity index is 333. The van der Waals surface area contributed by atoms with E-state index < -0.39 is 38.0 Å². The first-order chi connectivity index (χ1) is 8.95. The van der Waals surface area contributed by atoms with Crippen molar-refractivity contribution in [3.05, 3.63) is 0 Å². The summed E-state index contributed by atoms with van der Waals surface area (Å²) in [6, 6.07) is 0.982. The molecule has 0 heterocycles. The summed E-state index contributed by atoms with van der Waals surface area (Å²) < 4.78 is 82.9. The van der Waals surface area contributed by atoms with Crippen molar-refractivity contribution in [1.29, 1.82) is 5.26 Å². The van der Waals surface area contributed by atoms with Gasteiger partial charge in [-0.15, -0.1) is 0 Å². The third kappa shape index (κ3) is 3.61. The molecule has 0 aliphatic carbocycles. The number of nitrogens with zero attached hydrogens (tertiary/aromatic N) is 1. The predicted octanol–water partition coefficient (Wildman–Crippen LogP) is 4.79. The molecule has 0 N–H and O–H groups in total. The summed E-state index contributed by atoms with van der Waals surface area (Å²) in [5, 5.41) is 8.95. The van der Waals surface area contributed by atoms with Crippen molar-refractivity contribution < 1.29 is 30.1 Å². The van der Waals surface area contributed by atoms with E-state index in [0.717, 1.165) is 6.07 Å². The molecule has 0 radical (unpaired) electrons. The van der Waals surface area contributed by atoms with Gasteiger partial charge in [0.1, 0.15) is 0 Å². The minimum absolute atomic E-state index is 0.173. The van der Waals surface area contributed by atoms with Crippen LogP contribution in [0.2, 0.25) is 15.8 Å². The third-order valence-corrected chi connectivity index (χ3v) is 13.3. The molecule has 20 heavy (non-hydrogen) atoms. The van der Waals surface area contributed by atoms with Gasteiger partial charge < -0.3 is 0 Å². The van der Waals surface area contributed by atoms with Crippen LogP contribution in [0.3, 0.4) is 0 Å². The van der Waals surface area contributed by atoms with E-state index in [9.17, 15) is 26.3 Å². The normalized spacial score (nSPS) is 14.2. The van der Waals surface area contributed by atoms with Crippen LogP contribution in [0.4, 0.5) is 26.3 Å². The standard InChI is InChI=1S/C11H17F6GeNO/c1-4-18(5-2,6-3)20-9(7-8-19,10(12,13)14)11(15,16)17/h4-7H2,1-3H3. The van der Waals surface area contributed by atoms with Crippen LogP contribution in [0.1, 0.15) is 27.2 Å². The van der Waals surface area contributed by atoms with Crippen LogP contribution in [0, 0.1) is 11.3 Å². The van der Waals surface area contributed by atoms with Gasteiger partial charge in [0.05, 0.1) is 0 Å². The monoisotopic (exact) mass is 367 g/mol. The second-order valence-corrected chi connectivity index (χ2v) is 14.3. The van der Waals surface area contributed by atoms with Crippen LogP contribution in [0.25, 0.3) is 0 Å². The Morgan fingerprint density at radius 2 is 1.25 bits per heavy atom. The Hall–Kier alpha value is -0.427. The summed E-state index contributed by atoms with van der Waals surface area (Å²) in [6.07, 6.45) is -13.1. The second-order valence-electron chi connectivity index (χ2n) is 4.50. The number of hydrogen-bond donors (Lipinski definition) is 0. The van der Waals surface area contributed by atoms with E-state index in [4.69, 9.17) is 9.03 Å². The number of nitriles is 1. The quantitative estimate of drug-likeness (QED) is 0.501. The van der Waals surface area contributed by atoms with E-state index in [0.29, 0.717) is 0 Å². The molecule has 0 aliphatic heterocycles. The van der Waals surface area contributed by atoms with Gasteiger partial charge in [0.15, 0.2) is 0 Å². The van der Waals surface area contributed by atoms with Crippen LogP contribution < -0.4 is 0 Å². The molecule has 0 amide bonds. The van der Waals surface area contributed by atoms with Crippen molar-refractivity contribution in [2.45, 2.75) is 60.9 Å². The molecule has 0 rings (SSSR count). The van der Waals surface area contributed by atoms with Crippen molar-refractivity contribution in [3.8, 4) is 6.07 Å². The molecule has 118 valence electrons. The van der Waals surface area contributed by atoms with E-state index >= 15 is 0 Å². The fraction of sp³-hybridized carbons (Fsp3) is 0.909. The SMILES string of the molecule is C[CH2][Ge]([CH2]C)([CH2]C)[O]C(CC#N)(C(F)(F)F)C(F)(F)F. The molecule has 0 bridgehead atoms. The average Bonchev–Trinajstić information content (AvgIpc) is 2.32. The fourth-order valence-corrected chi connectivity index (χ4v) is 8.20. The van der Waals surface area contributed by atoms with Gasteiger partial charge in [-0.25, -0.2) is 0 Å². The van der Waals surface area contributed by atoms with Crippen molar-refractivity contribution in [2.75, 3.05) is 0 Å². The van der Waals surface area contributed by atoms with Crippen LogP contribution in [-0.2, 0) is 3.76 Å². The molecule has 0 aliphatic rings. The van der Waals surface area contributed by atoms with Gasteiger partial charge in [0.25, 0.3) is 0 Å². The first kappa shape index (κ1) is 19.6. The summed E-state index contributed by atoms with van der Waals surface area (Å²) >= 11 is -3.77. The van der Waals surface area contributed by atoms with Gasteiger partial charge in [-0.05, 0) is 0 Å². The first-order valence-electron chi connectivity index (χ1n) is 6.15. The van der Waals surface area contributed by atoms with Crippen molar-refractivity contribution in [1.82, 2.24) is 0 Å². The zero-order valence-electron chi connectivity index (χ0n) is 11.5. The van der Waals surface area contributed by atoms with Crippen LogP contribution >= 0.6 is 0 Å². The summed E-state index contributed by atoms with van der Waals surface area (Å²) in [5.74, 6) is 0. The molecule has 0 aromatic heterocycles. The molecular weight excluding hydrogens is 349 g/mol. The number of halogens is 6. The van der Waals surface area contributed by atoms with Gasteiger partial charge >= 0.3 is 116 Å². The second kappa shape index (κ2) is 6.56.